The molecule has 1 heterocycles. The van der Waals surface area contributed by atoms with Crippen LogP contribution in [0.2, 0.25) is 0 Å². The quantitative estimate of drug-likeness (QED) is 0.852. The lowest BCUT2D eigenvalue weighted by atomic mass is 9.70. The van der Waals surface area contributed by atoms with Gasteiger partial charge in [-0.25, -0.2) is 4.98 Å². The molecule has 1 aromatic heterocycles. The fourth-order valence-electron chi connectivity index (χ4n) is 3.72. The summed E-state index contributed by atoms with van der Waals surface area (Å²) in [5, 5.41) is 3.49. The zero-order valence-corrected chi connectivity index (χ0v) is 13.2. The van der Waals surface area contributed by atoms with Crippen molar-refractivity contribution in [3.8, 4) is 0 Å². The number of ketones is 1. The number of hydrogen-bond acceptors (Lipinski definition) is 4. The second-order valence-electron chi connectivity index (χ2n) is 6.69. The molecule has 5 heteroatoms. The van der Waals surface area contributed by atoms with Gasteiger partial charge in [0, 0.05) is 10.3 Å². The number of carbonyl (C=O) groups is 2. The Morgan fingerprint density at radius 1 is 1.40 bits per heavy atom. The van der Waals surface area contributed by atoms with Crippen LogP contribution in [0.5, 0.6) is 0 Å². The van der Waals surface area contributed by atoms with Crippen molar-refractivity contribution in [2.45, 2.75) is 47.0 Å². The van der Waals surface area contributed by atoms with Crippen LogP contribution in [0.25, 0.3) is 0 Å². The van der Waals surface area contributed by atoms with Crippen molar-refractivity contribution in [2.24, 2.45) is 16.7 Å². The van der Waals surface area contributed by atoms with Gasteiger partial charge in [-0.1, -0.05) is 13.8 Å². The van der Waals surface area contributed by atoms with E-state index >= 15 is 0 Å². The minimum atomic E-state index is -0.804. The first-order chi connectivity index (χ1) is 9.27. The van der Waals surface area contributed by atoms with Crippen LogP contribution >= 0.6 is 11.3 Å². The zero-order chi connectivity index (χ0) is 14.7. The summed E-state index contributed by atoms with van der Waals surface area (Å²) in [5.41, 5.74) is -0.225. The fraction of sp³-hybridized carbons (Fsp3) is 0.667. The first-order valence-electron chi connectivity index (χ1n) is 7.08. The Labute approximate surface area is 123 Å². The van der Waals surface area contributed by atoms with Crippen LogP contribution in [0.1, 0.15) is 43.7 Å². The summed E-state index contributed by atoms with van der Waals surface area (Å²) in [5.74, 6) is 0.314. The van der Waals surface area contributed by atoms with Crippen LogP contribution in [0.15, 0.2) is 0 Å². The van der Waals surface area contributed by atoms with Gasteiger partial charge in [0.05, 0.1) is 5.69 Å². The third-order valence-corrected chi connectivity index (χ3v) is 6.23. The number of anilines is 1. The summed E-state index contributed by atoms with van der Waals surface area (Å²) in [6, 6.07) is 0. The maximum absolute atomic E-state index is 12.6. The highest BCUT2D eigenvalue weighted by Gasteiger charge is 2.65. The molecule has 0 unspecified atom stereocenters. The van der Waals surface area contributed by atoms with Crippen LogP contribution in [-0.4, -0.2) is 16.7 Å². The van der Waals surface area contributed by atoms with Crippen molar-refractivity contribution in [3.05, 3.63) is 10.6 Å². The van der Waals surface area contributed by atoms with Crippen molar-refractivity contribution in [3.63, 3.8) is 0 Å². The van der Waals surface area contributed by atoms with E-state index in [1.54, 1.807) is 0 Å². The van der Waals surface area contributed by atoms with Crippen molar-refractivity contribution in [1.29, 1.82) is 0 Å². The average Bonchev–Trinajstić information content (AvgIpc) is 2.98. The number of Topliss-reactive ketones (excluding diaryl/α,β-unsaturated/α-hetero) is 1. The molecule has 1 N–H and O–H groups in total. The van der Waals surface area contributed by atoms with Gasteiger partial charge in [-0.05, 0) is 39.0 Å². The number of fused-ring (bicyclic) bond motifs is 2. The van der Waals surface area contributed by atoms with Gasteiger partial charge in [0.1, 0.15) is 5.41 Å². The summed E-state index contributed by atoms with van der Waals surface area (Å²) in [6.07, 6.45) is 2.37. The molecular formula is C15H20N2O2S. The fourth-order valence-corrected chi connectivity index (χ4v) is 4.53. The van der Waals surface area contributed by atoms with Gasteiger partial charge in [-0.15, -0.1) is 11.3 Å². The van der Waals surface area contributed by atoms with Crippen LogP contribution in [-0.2, 0) is 9.59 Å². The van der Waals surface area contributed by atoms with E-state index in [-0.39, 0.29) is 17.1 Å². The summed E-state index contributed by atoms with van der Waals surface area (Å²) in [7, 11) is 0. The number of amides is 1. The maximum atomic E-state index is 12.6. The van der Waals surface area contributed by atoms with E-state index in [1.807, 2.05) is 27.7 Å². The molecule has 1 amide bonds. The van der Waals surface area contributed by atoms with E-state index in [2.05, 4.69) is 10.3 Å². The molecule has 1 aromatic rings. The number of aryl methyl sites for hydroxylation is 2. The molecule has 2 aliphatic rings. The van der Waals surface area contributed by atoms with Crippen LogP contribution in [0.3, 0.4) is 0 Å². The number of thiazole rings is 1. The van der Waals surface area contributed by atoms with Crippen molar-refractivity contribution >= 4 is 28.2 Å². The molecule has 2 aliphatic carbocycles. The van der Waals surface area contributed by atoms with Crippen molar-refractivity contribution in [1.82, 2.24) is 4.98 Å². The molecule has 108 valence electrons. The molecule has 2 bridgehead atoms. The van der Waals surface area contributed by atoms with E-state index in [0.717, 1.165) is 17.0 Å². The van der Waals surface area contributed by atoms with E-state index < -0.39 is 5.41 Å². The largest absolute Gasteiger partial charge is 0.301 e. The number of carbonyl (C=O) groups excluding carboxylic acids is 2. The number of hydrogen-bond donors (Lipinski definition) is 1. The van der Waals surface area contributed by atoms with Crippen molar-refractivity contribution in [2.75, 3.05) is 5.32 Å². The number of nitrogens with zero attached hydrogens (tertiary/aromatic N) is 1. The summed E-state index contributed by atoms with van der Waals surface area (Å²) in [6.45, 7) is 7.86. The van der Waals surface area contributed by atoms with Crippen LogP contribution in [0.4, 0.5) is 5.13 Å². The van der Waals surface area contributed by atoms with E-state index in [0.29, 0.717) is 23.9 Å². The van der Waals surface area contributed by atoms with Gasteiger partial charge >= 0.3 is 0 Å². The highest BCUT2D eigenvalue weighted by atomic mass is 32.1. The first kappa shape index (κ1) is 13.7. The van der Waals surface area contributed by atoms with Gasteiger partial charge in [0.2, 0.25) is 5.91 Å². The molecule has 2 saturated carbocycles. The van der Waals surface area contributed by atoms with Crippen molar-refractivity contribution < 1.29 is 9.59 Å². The Morgan fingerprint density at radius 3 is 2.60 bits per heavy atom. The number of nitrogens with one attached hydrogen (secondary N) is 1. The normalized spacial score (nSPS) is 30.8. The Morgan fingerprint density at radius 2 is 2.10 bits per heavy atom. The van der Waals surface area contributed by atoms with Gasteiger partial charge in [-0.2, -0.15) is 0 Å². The molecule has 3 rings (SSSR count). The minimum absolute atomic E-state index is 0.115. The molecule has 2 atom stereocenters. The SMILES string of the molecule is Cc1nc(NC(=O)[C@]23CC[C@H](C2)C(C)(C)C3=O)sc1C. The van der Waals surface area contributed by atoms with E-state index in [1.165, 1.54) is 11.3 Å². The summed E-state index contributed by atoms with van der Waals surface area (Å²) in [4.78, 5) is 30.7. The minimum Gasteiger partial charge on any atom is -0.301 e. The maximum Gasteiger partial charge on any atom is 0.239 e. The summed E-state index contributed by atoms with van der Waals surface area (Å²) < 4.78 is 0. The van der Waals surface area contributed by atoms with Gasteiger partial charge in [0.25, 0.3) is 0 Å². The molecule has 0 spiro atoms. The number of rotatable bonds is 2. The molecular weight excluding hydrogens is 272 g/mol. The Balaban J connectivity index is 1.86. The second-order valence-corrected chi connectivity index (χ2v) is 7.89. The smallest absolute Gasteiger partial charge is 0.239 e. The van der Waals surface area contributed by atoms with Gasteiger partial charge < -0.3 is 5.32 Å². The molecule has 4 nitrogen and oxygen atoms in total. The van der Waals surface area contributed by atoms with E-state index in [4.69, 9.17) is 0 Å². The molecule has 0 aromatic carbocycles. The third-order valence-electron chi connectivity index (χ3n) is 5.24. The monoisotopic (exact) mass is 292 g/mol. The van der Waals surface area contributed by atoms with Crippen LogP contribution < -0.4 is 5.32 Å². The van der Waals surface area contributed by atoms with Gasteiger partial charge in [0.15, 0.2) is 10.9 Å². The third kappa shape index (κ3) is 1.68. The molecule has 20 heavy (non-hydrogen) atoms. The molecule has 0 saturated heterocycles. The lowest BCUT2D eigenvalue weighted by Crippen LogP contribution is -2.44. The second kappa shape index (κ2) is 4.13. The first-order valence-corrected chi connectivity index (χ1v) is 7.89. The predicted molar refractivity (Wildman–Crippen MR) is 78.8 cm³/mol. The van der Waals surface area contributed by atoms with Crippen LogP contribution in [0, 0.1) is 30.6 Å². The predicted octanol–water partition coefficient (Wildman–Crippen LogP) is 3.09. The van der Waals surface area contributed by atoms with Gasteiger partial charge in [-0.3, -0.25) is 9.59 Å². The molecule has 2 fully saturated rings. The molecule has 0 radical (unpaired) electrons. The highest BCUT2D eigenvalue weighted by molar-refractivity contribution is 7.15. The Kier molecular flexibility index (Phi) is 2.84. The Hall–Kier alpha value is -1.23. The lowest BCUT2D eigenvalue weighted by molar-refractivity contribution is -0.142. The number of aromatic nitrogens is 1. The zero-order valence-electron chi connectivity index (χ0n) is 12.4. The Bertz CT molecular complexity index is 586. The standard InChI is InChI=1S/C15H20N2O2S/c1-8-9(2)20-13(16-8)17-12(19)15-6-5-10(7-15)14(3,4)11(15)18/h10H,5-7H2,1-4H3,(H,16,17,19)/t10-,15-/m1/s1. The van der Waals surface area contributed by atoms with E-state index in [9.17, 15) is 9.59 Å². The molecule has 0 aliphatic heterocycles. The average molecular weight is 292 g/mol. The summed E-state index contributed by atoms with van der Waals surface area (Å²) >= 11 is 1.47. The highest BCUT2D eigenvalue weighted by Crippen LogP contribution is 2.60. The topological polar surface area (TPSA) is 59.1 Å². The lowest BCUT2D eigenvalue weighted by Gasteiger charge is -2.32.